The molecule has 3 heterocycles. The molecule has 0 bridgehead atoms. The van der Waals surface area contributed by atoms with Gasteiger partial charge in [-0.2, -0.15) is 0 Å². The van der Waals surface area contributed by atoms with Gasteiger partial charge in [0.25, 0.3) is 0 Å². The minimum absolute atomic E-state index is 0.0526. The molecule has 1 amide bonds. The van der Waals surface area contributed by atoms with Crippen LogP contribution < -0.4 is 10.9 Å². The third kappa shape index (κ3) is 3.46. The maximum atomic E-state index is 11.7. The van der Waals surface area contributed by atoms with Crippen molar-refractivity contribution in [1.29, 1.82) is 0 Å². The van der Waals surface area contributed by atoms with Crippen molar-refractivity contribution in [3.05, 3.63) is 0 Å². The SMILES string of the molecule is CCC(C)C(CC)CN1CC2(C1)CN(C1CNNC(=O)C1Br)C2. The highest BCUT2D eigenvalue weighted by atomic mass is 79.9. The van der Waals surface area contributed by atoms with E-state index in [4.69, 9.17) is 0 Å². The Hall–Kier alpha value is -0.170. The molecule has 0 aromatic heterocycles. The number of carbonyl (C=O) groups excluding carboxylic acids is 1. The first-order valence-corrected chi connectivity index (χ1v) is 10.0. The van der Waals surface area contributed by atoms with Crippen molar-refractivity contribution < 1.29 is 4.79 Å². The fourth-order valence-electron chi connectivity index (χ4n) is 4.56. The summed E-state index contributed by atoms with van der Waals surface area (Å²) in [6.45, 7) is 13.9. The minimum atomic E-state index is -0.0906. The molecule has 1 spiro atoms. The molecule has 0 saturated carbocycles. The summed E-state index contributed by atoms with van der Waals surface area (Å²) in [6, 6.07) is 0.284. The molecular weight excluding hydrogens is 356 g/mol. The molecule has 3 aliphatic rings. The molecule has 0 aromatic carbocycles. The van der Waals surface area contributed by atoms with Crippen LogP contribution in [0.15, 0.2) is 0 Å². The molecule has 3 saturated heterocycles. The van der Waals surface area contributed by atoms with E-state index < -0.39 is 0 Å². The van der Waals surface area contributed by atoms with E-state index in [1.165, 1.54) is 32.5 Å². The number of likely N-dealkylation sites (tertiary alicyclic amines) is 2. The molecule has 6 heteroatoms. The van der Waals surface area contributed by atoms with E-state index in [0.717, 1.165) is 31.5 Å². The van der Waals surface area contributed by atoms with Gasteiger partial charge in [-0.05, 0) is 11.8 Å². The Bertz CT molecular complexity index is 432. The lowest BCUT2D eigenvalue weighted by Crippen LogP contribution is -2.76. The quantitative estimate of drug-likeness (QED) is 0.678. The Labute approximate surface area is 148 Å². The van der Waals surface area contributed by atoms with E-state index in [1.54, 1.807) is 0 Å². The zero-order valence-corrected chi connectivity index (χ0v) is 16.2. The minimum Gasteiger partial charge on any atom is -0.302 e. The predicted molar refractivity (Wildman–Crippen MR) is 96.3 cm³/mol. The van der Waals surface area contributed by atoms with Gasteiger partial charge in [-0.1, -0.05) is 49.5 Å². The molecule has 4 atom stereocenters. The van der Waals surface area contributed by atoms with Gasteiger partial charge in [0.1, 0.15) is 4.83 Å². The summed E-state index contributed by atoms with van der Waals surface area (Å²) in [5, 5.41) is 0. The van der Waals surface area contributed by atoms with Gasteiger partial charge in [0.15, 0.2) is 0 Å². The van der Waals surface area contributed by atoms with E-state index in [1.807, 2.05) is 0 Å². The summed E-state index contributed by atoms with van der Waals surface area (Å²) in [4.78, 5) is 16.8. The molecule has 23 heavy (non-hydrogen) atoms. The maximum Gasteiger partial charge on any atom is 0.249 e. The second-order valence-corrected chi connectivity index (χ2v) is 8.95. The molecule has 4 unspecified atom stereocenters. The molecule has 5 nitrogen and oxygen atoms in total. The lowest BCUT2D eigenvalue weighted by molar-refractivity contribution is -0.144. The number of hydrogen-bond donors (Lipinski definition) is 2. The van der Waals surface area contributed by atoms with Crippen molar-refractivity contribution in [2.75, 3.05) is 39.3 Å². The van der Waals surface area contributed by atoms with Crippen molar-refractivity contribution in [3.8, 4) is 0 Å². The summed E-state index contributed by atoms with van der Waals surface area (Å²) in [6.07, 6.45) is 2.58. The Balaban J connectivity index is 1.43. The molecule has 0 radical (unpaired) electrons. The number of carbonyl (C=O) groups is 1. The van der Waals surface area contributed by atoms with Gasteiger partial charge in [0.2, 0.25) is 5.91 Å². The Kier molecular flexibility index (Phi) is 5.36. The fraction of sp³-hybridized carbons (Fsp3) is 0.941. The van der Waals surface area contributed by atoms with E-state index >= 15 is 0 Å². The van der Waals surface area contributed by atoms with Gasteiger partial charge in [0.05, 0.1) is 0 Å². The van der Waals surface area contributed by atoms with E-state index in [0.29, 0.717) is 5.41 Å². The standard InChI is InChI=1S/C17H31BrN4O/c1-4-12(3)13(5-2)7-21-8-17(9-21)10-22(11-17)14-6-19-20-16(23)15(14)18/h12-15,19H,4-11H2,1-3H3,(H,20,23). The molecular formula is C17H31BrN4O. The van der Waals surface area contributed by atoms with Crippen LogP contribution in [-0.4, -0.2) is 65.8 Å². The summed E-state index contributed by atoms with van der Waals surface area (Å²) in [5.41, 5.74) is 6.21. The molecule has 0 aliphatic carbocycles. The molecule has 3 fully saturated rings. The molecule has 2 N–H and O–H groups in total. The van der Waals surface area contributed by atoms with Crippen molar-refractivity contribution in [2.24, 2.45) is 17.3 Å². The number of nitrogens with one attached hydrogen (secondary N) is 2. The van der Waals surface area contributed by atoms with Gasteiger partial charge < -0.3 is 4.90 Å². The van der Waals surface area contributed by atoms with Crippen LogP contribution in [0.5, 0.6) is 0 Å². The smallest absolute Gasteiger partial charge is 0.249 e. The number of halogens is 1. The van der Waals surface area contributed by atoms with Crippen LogP contribution in [-0.2, 0) is 4.79 Å². The summed E-state index contributed by atoms with van der Waals surface area (Å²) in [5.74, 6) is 1.72. The van der Waals surface area contributed by atoms with Crippen molar-refractivity contribution in [2.45, 2.75) is 44.5 Å². The predicted octanol–water partition coefficient (Wildman–Crippen LogP) is 1.44. The van der Waals surface area contributed by atoms with Crippen LogP contribution in [0.4, 0.5) is 0 Å². The van der Waals surface area contributed by atoms with E-state index in [-0.39, 0.29) is 16.8 Å². The first-order valence-electron chi connectivity index (χ1n) is 9.11. The third-order valence-electron chi connectivity index (χ3n) is 6.24. The summed E-state index contributed by atoms with van der Waals surface area (Å²) in [7, 11) is 0. The van der Waals surface area contributed by atoms with Crippen LogP contribution in [0, 0.1) is 17.3 Å². The Morgan fingerprint density at radius 2 is 1.96 bits per heavy atom. The monoisotopic (exact) mass is 386 g/mol. The Morgan fingerprint density at radius 1 is 1.26 bits per heavy atom. The lowest BCUT2D eigenvalue weighted by atomic mass is 9.71. The largest absolute Gasteiger partial charge is 0.302 e. The van der Waals surface area contributed by atoms with Crippen molar-refractivity contribution in [3.63, 3.8) is 0 Å². The zero-order valence-electron chi connectivity index (χ0n) is 14.6. The highest BCUT2D eigenvalue weighted by molar-refractivity contribution is 9.10. The number of alkyl halides is 1. The highest BCUT2D eigenvalue weighted by Gasteiger charge is 2.54. The van der Waals surface area contributed by atoms with E-state index in [9.17, 15) is 4.79 Å². The summed E-state index contributed by atoms with van der Waals surface area (Å²) < 4.78 is 0. The average Bonchev–Trinajstić information content (AvgIpc) is 2.47. The van der Waals surface area contributed by atoms with Crippen LogP contribution in [0.25, 0.3) is 0 Å². The average molecular weight is 387 g/mol. The molecule has 3 rings (SSSR count). The van der Waals surface area contributed by atoms with Gasteiger partial charge in [0, 0.05) is 50.7 Å². The first kappa shape index (κ1) is 17.6. The van der Waals surface area contributed by atoms with Gasteiger partial charge in [-0.15, -0.1) is 0 Å². The molecule has 132 valence electrons. The van der Waals surface area contributed by atoms with Gasteiger partial charge >= 0.3 is 0 Å². The van der Waals surface area contributed by atoms with Crippen molar-refractivity contribution >= 4 is 21.8 Å². The zero-order chi connectivity index (χ0) is 16.6. The van der Waals surface area contributed by atoms with Crippen LogP contribution in [0.1, 0.15) is 33.6 Å². The van der Waals surface area contributed by atoms with Crippen LogP contribution in [0.3, 0.4) is 0 Å². The van der Waals surface area contributed by atoms with Gasteiger partial charge in [-0.3, -0.25) is 15.1 Å². The number of hydrazine groups is 1. The number of rotatable bonds is 6. The third-order valence-corrected chi connectivity index (χ3v) is 7.27. The normalized spacial score (nSPS) is 33.7. The maximum absolute atomic E-state index is 11.7. The lowest BCUT2D eigenvalue weighted by Gasteiger charge is -2.63. The van der Waals surface area contributed by atoms with Crippen molar-refractivity contribution in [1.82, 2.24) is 20.7 Å². The topological polar surface area (TPSA) is 47.6 Å². The summed E-state index contributed by atoms with van der Waals surface area (Å²) >= 11 is 3.55. The number of hydrogen-bond acceptors (Lipinski definition) is 4. The fourth-order valence-corrected chi connectivity index (χ4v) is 5.20. The van der Waals surface area contributed by atoms with Gasteiger partial charge in [-0.25, -0.2) is 5.43 Å². The second kappa shape index (κ2) is 6.98. The first-order chi connectivity index (χ1) is 11.0. The van der Waals surface area contributed by atoms with Crippen LogP contribution >= 0.6 is 15.9 Å². The second-order valence-electron chi connectivity index (χ2n) is 7.97. The van der Waals surface area contributed by atoms with E-state index in [2.05, 4.69) is 57.4 Å². The Morgan fingerprint density at radius 3 is 2.57 bits per heavy atom. The molecule has 0 aromatic rings. The molecule has 3 aliphatic heterocycles. The highest BCUT2D eigenvalue weighted by Crippen LogP contribution is 2.42. The van der Waals surface area contributed by atoms with Crippen LogP contribution in [0.2, 0.25) is 0 Å². The number of nitrogens with zero attached hydrogens (tertiary/aromatic N) is 2. The number of amides is 1.